The van der Waals surface area contributed by atoms with Crippen molar-refractivity contribution >= 4 is 35.0 Å². The lowest BCUT2D eigenvalue weighted by molar-refractivity contribution is 1.02. The van der Waals surface area contributed by atoms with Gasteiger partial charge in [0.2, 0.25) is 0 Å². The Morgan fingerprint density at radius 3 is 2.59 bits per heavy atom. The minimum atomic E-state index is 0.295. The molecule has 0 atom stereocenters. The third-order valence-corrected chi connectivity index (χ3v) is 3.60. The summed E-state index contributed by atoms with van der Waals surface area (Å²) >= 11 is 13.1. The highest BCUT2D eigenvalue weighted by atomic mass is 35.5. The van der Waals surface area contributed by atoms with Gasteiger partial charge in [0.05, 0.1) is 10.0 Å². The molecule has 0 amide bonds. The molecule has 0 bridgehead atoms. The smallest absolute Gasteiger partial charge is 0.173 e. The molecule has 0 aliphatic carbocycles. The van der Waals surface area contributed by atoms with Crippen molar-refractivity contribution in [3.63, 3.8) is 0 Å². The second-order valence-corrected chi connectivity index (χ2v) is 4.88. The molecule has 2 rings (SSSR count). The van der Waals surface area contributed by atoms with E-state index in [1.165, 1.54) is 18.0 Å². The maximum absolute atomic E-state index is 8.88. The third-order valence-electron chi connectivity index (χ3n) is 1.88. The van der Waals surface area contributed by atoms with Gasteiger partial charge in [0.25, 0.3) is 0 Å². The van der Waals surface area contributed by atoms with E-state index in [4.69, 9.17) is 28.5 Å². The predicted octanol–water partition coefficient (Wildman–Crippen LogP) is 3.81. The monoisotopic (exact) mass is 281 g/mol. The first-order valence-corrected chi connectivity index (χ1v) is 6.12. The van der Waals surface area contributed by atoms with Gasteiger partial charge in [-0.05, 0) is 18.2 Å². The largest absolute Gasteiger partial charge is 0.245 e. The molecular weight excluding hydrogens is 277 g/mol. The summed E-state index contributed by atoms with van der Waals surface area (Å²) < 4.78 is 0. The zero-order chi connectivity index (χ0) is 12.3. The lowest BCUT2D eigenvalue weighted by atomic mass is 10.4. The van der Waals surface area contributed by atoms with Crippen LogP contribution < -0.4 is 0 Å². The molecule has 0 spiro atoms. The molecule has 6 heteroatoms. The normalized spacial score (nSPS) is 9.94. The maximum atomic E-state index is 8.88. The van der Waals surface area contributed by atoms with E-state index >= 15 is 0 Å². The molecule has 17 heavy (non-hydrogen) atoms. The van der Waals surface area contributed by atoms with Crippen LogP contribution in [-0.2, 0) is 0 Å². The van der Waals surface area contributed by atoms with Crippen LogP contribution in [0, 0.1) is 11.3 Å². The summed E-state index contributed by atoms with van der Waals surface area (Å²) in [6.45, 7) is 0. The van der Waals surface area contributed by atoms with Crippen LogP contribution >= 0.6 is 35.0 Å². The molecule has 0 N–H and O–H groups in total. The van der Waals surface area contributed by atoms with Crippen molar-refractivity contribution in [2.24, 2.45) is 0 Å². The number of hydrogen-bond acceptors (Lipinski definition) is 4. The molecule has 0 fully saturated rings. The molecule has 0 saturated carbocycles. The van der Waals surface area contributed by atoms with Crippen LogP contribution in [0.15, 0.2) is 40.5 Å². The van der Waals surface area contributed by atoms with Gasteiger partial charge in [-0.1, -0.05) is 35.0 Å². The van der Waals surface area contributed by atoms with Crippen LogP contribution in [-0.4, -0.2) is 9.97 Å². The van der Waals surface area contributed by atoms with Crippen molar-refractivity contribution in [3.8, 4) is 6.07 Å². The molecule has 1 aromatic carbocycles. The average molecular weight is 282 g/mol. The van der Waals surface area contributed by atoms with E-state index in [-0.39, 0.29) is 0 Å². The van der Waals surface area contributed by atoms with Crippen LogP contribution in [0.3, 0.4) is 0 Å². The molecular formula is C11H5Cl2N3S. The van der Waals surface area contributed by atoms with Gasteiger partial charge in [-0.15, -0.1) is 0 Å². The summed E-state index contributed by atoms with van der Waals surface area (Å²) in [6, 6.07) is 7.23. The number of nitrogens with zero attached hydrogens (tertiary/aromatic N) is 3. The fraction of sp³-hybridized carbons (Fsp3) is 0. The fourth-order valence-corrected chi connectivity index (χ4v) is 2.34. The van der Waals surface area contributed by atoms with Gasteiger partial charge in [-0.2, -0.15) is 5.26 Å². The minimum Gasteiger partial charge on any atom is -0.245 e. The summed E-state index contributed by atoms with van der Waals surface area (Å²) in [4.78, 5) is 8.89. The van der Waals surface area contributed by atoms with Crippen molar-refractivity contribution in [3.05, 3.63) is 46.3 Å². The van der Waals surface area contributed by atoms with Crippen LogP contribution in [0.1, 0.15) is 5.69 Å². The molecule has 1 aromatic heterocycles. The quantitative estimate of drug-likeness (QED) is 0.840. The maximum Gasteiger partial charge on any atom is 0.173 e. The molecule has 2 aromatic rings. The van der Waals surface area contributed by atoms with Crippen molar-refractivity contribution in [2.75, 3.05) is 0 Å². The summed E-state index contributed by atoms with van der Waals surface area (Å²) in [5.41, 5.74) is 0.295. The molecule has 0 saturated heterocycles. The van der Waals surface area contributed by atoms with E-state index < -0.39 is 0 Å². The van der Waals surface area contributed by atoms with Gasteiger partial charge in [0.1, 0.15) is 11.1 Å². The Labute approximate surface area is 112 Å². The first kappa shape index (κ1) is 12.2. The topological polar surface area (TPSA) is 49.6 Å². The lowest BCUT2D eigenvalue weighted by Crippen LogP contribution is -1.89. The Morgan fingerprint density at radius 2 is 1.88 bits per heavy atom. The van der Waals surface area contributed by atoms with E-state index in [0.717, 1.165) is 4.90 Å². The number of nitriles is 1. The third kappa shape index (κ3) is 2.89. The first-order chi connectivity index (χ1) is 8.20. The Morgan fingerprint density at radius 1 is 1.12 bits per heavy atom. The van der Waals surface area contributed by atoms with Crippen LogP contribution in [0.4, 0.5) is 0 Å². The van der Waals surface area contributed by atoms with Gasteiger partial charge < -0.3 is 0 Å². The van der Waals surface area contributed by atoms with E-state index in [1.807, 2.05) is 12.1 Å². The Balaban J connectivity index is 2.32. The number of hydrogen-bond donors (Lipinski definition) is 0. The van der Waals surface area contributed by atoms with Gasteiger partial charge >= 0.3 is 0 Å². The summed E-state index contributed by atoms with van der Waals surface area (Å²) in [5.74, 6) is 0. The van der Waals surface area contributed by atoms with E-state index in [0.29, 0.717) is 20.8 Å². The van der Waals surface area contributed by atoms with Gasteiger partial charge in [0.15, 0.2) is 5.69 Å². The molecule has 0 radical (unpaired) electrons. The number of halogens is 2. The van der Waals surface area contributed by atoms with Crippen molar-refractivity contribution < 1.29 is 0 Å². The summed E-state index contributed by atoms with van der Waals surface area (Å²) in [6.07, 6.45) is 3.03. The summed E-state index contributed by atoms with van der Waals surface area (Å²) in [5, 5.41) is 10.4. The van der Waals surface area contributed by atoms with Crippen LogP contribution in [0.25, 0.3) is 0 Å². The minimum absolute atomic E-state index is 0.295. The fourth-order valence-electron chi connectivity index (χ4n) is 1.13. The lowest BCUT2D eigenvalue weighted by Gasteiger charge is -2.03. The highest BCUT2D eigenvalue weighted by Gasteiger charge is 2.07. The molecule has 84 valence electrons. The number of rotatable bonds is 2. The average Bonchev–Trinajstić information content (AvgIpc) is 2.34. The molecule has 0 unspecified atom stereocenters. The van der Waals surface area contributed by atoms with Crippen molar-refractivity contribution in [2.45, 2.75) is 9.92 Å². The highest BCUT2D eigenvalue weighted by Crippen LogP contribution is 2.32. The number of aromatic nitrogens is 2. The zero-order valence-electron chi connectivity index (χ0n) is 8.39. The van der Waals surface area contributed by atoms with Crippen LogP contribution in [0.5, 0.6) is 0 Å². The second kappa shape index (κ2) is 5.37. The Kier molecular flexibility index (Phi) is 3.85. The van der Waals surface area contributed by atoms with Gasteiger partial charge in [-0.25, -0.2) is 9.97 Å². The predicted molar refractivity (Wildman–Crippen MR) is 67.3 cm³/mol. The number of benzene rings is 1. The molecule has 0 aliphatic rings. The molecule has 0 aliphatic heterocycles. The second-order valence-electron chi connectivity index (χ2n) is 3.00. The van der Waals surface area contributed by atoms with Crippen molar-refractivity contribution in [1.82, 2.24) is 9.97 Å². The van der Waals surface area contributed by atoms with Crippen LogP contribution in [0.2, 0.25) is 10.0 Å². The van der Waals surface area contributed by atoms with Crippen molar-refractivity contribution in [1.29, 1.82) is 5.26 Å². The highest BCUT2D eigenvalue weighted by molar-refractivity contribution is 7.99. The zero-order valence-corrected chi connectivity index (χ0v) is 10.7. The van der Waals surface area contributed by atoms with Gasteiger partial charge in [-0.3, -0.25) is 0 Å². The van der Waals surface area contributed by atoms with E-state index in [2.05, 4.69) is 9.97 Å². The SMILES string of the molecule is N#Cc1nccnc1Sc1ccc(Cl)c(Cl)c1. The molecule has 3 nitrogen and oxygen atoms in total. The first-order valence-electron chi connectivity index (χ1n) is 4.54. The van der Waals surface area contributed by atoms with E-state index in [9.17, 15) is 0 Å². The Bertz CT molecular complexity index is 596. The standard InChI is InChI=1S/C11H5Cl2N3S/c12-8-2-1-7(5-9(8)13)17-11-10(6-14)15-3-4-16-11/h1-5H. The Hall–Kier alpha value is -1.28. The summed E-state index contributed by atoms with van der Waals surface area (Å²) in [7, 11) is 0. The van der Waals surface area contributed by atoms with E-state index in [1.54, 1.807) is 18.3 Å². The molecule has 1 heterocycles. The van der Waals surface area contributed by atoms with Gasteiger partial charge in [0, 0.05) is 17.3 Å².